The van der Waals surface area contributed by atoms with Gasteiger partial charge >= 0.3 is 0 Å². The van der Waals surface area contributed by atoms with E-state index in [9.17, 15) is 8.78 Å². The lowest BCUT2D eigenvalue weighted by Crippen LogP contribution is -1.90. The minimum Gasteiger partial charge on any atom is -0.399 e. The van der Waals surface area contributed by atoms with E-state index in [0.29, 0.717) is 22.0 Å². The first kappa shape index (κ1) is 13.2. The topological polar surface area (TPSA) is 26.0 Å². The van der Waals surface area contributed by atoms with Gasteiger partial charge in [0.05, 0.1) is 5.02 Å². The monoisotopic (exact) mass is 285 g/mol. The first-order valence-corrected chi connectivity index (χ1v) is 6.54. The highest BCUT2D eigenvalue weighted by atomic mass is 35.5. The van der Waals surface area contributed by atoms with E-state index >= 15 is 0 Å². The second kappa shape index (κ2) is 5.59. The fraction of sp³-hybridized carbons (Fsp3) is 0.0769. The summed E-state index contributed by atoms with van der Waals surface area (Å²) in [6, 6.07) is 8.66. The van der Waals surface area contributed by atoms with Gasteiger partial charge in [-0.05, 0) is 29.8 Å². The zero-order valence-electron chi connectivity index (χ0n) is 9.29. The third kappa shape index (κ3) is 3.15. The van der Waals surface area contributed by atoms with Crippen LogP contribution in [0.3, 0.4) is 0 Å². The van der Waals surface area contributed by atoms with E-state index in [4.69, 9.17) is 17.3 Å². The van der Waals surface area contributed by atoms with Gasteiger partial charge in [-0.3, -0.25) is 0 Å². The highest BCUT2D eigenvalue weighted by Crippen LogP contribution is 2.31. The lowest BCUT2D eigenvalue weighted by Gasteiger charge is -2.06. The van der Waals surface area contributed by atoms with Gasteiger partial charge in [-0.15, -0.1) is 11.8 Å². The van der Waals surface area contributed by atoms with Crippen molar-refractivity contribution in [1.82, 2.24) is 0 Å². The maximum Gasteiger partial charge on any atom is 0.130 e. The second-order valence-electron chi connectivity index (χ2n) is 3.71. The number of hydrogen-bond donors (Lipinski definition) is 1. The van der Waals surface area contributed by atoms with Crippen LogP contribution in [-0.4, -0.2) is 0 Å². The smallest absolute Gasteiger partial charge is 0.130 e. The molecule has 0 unspecified atom stereocenters. The van der Waals surface area contributed by atoms with E-state index < -0.39 is 11.6 Å². The lowest BCUT2D eigenvalue weighted by molar-refractivity contribution is 0.576. The molecule has 2 N–H and O–H groups in total. The van der Waals surface area contributed by atoms with Crippen LogP contribution in [0, 0.1) is 11.6 Å². The molecule has 0 fully saturated rings. The molecule has 94 valence electrons. The molecule has 0 atom stereocenters. The van der Waals surface area contributed by atoms with Crippen LogP contribution in [0.1, 0.15) is 5.56 Å². The van der Waals surface area contributed by atoms with E-state index in [1.165, 1.54) is 23.9 Å². The van der Waals surface area contributed by atoms with Crippen LogP contribution >= 0.6 is 23.4 Å². The average molecular weight is 286 g/mol. The molecule has 0 amide bonds. The first-order chi connectivity index (χ1) is 8.56. The minimum atomic E-state index is -0.580. The van der Waals surface area contributed by atoms with Gasteiger partial charge in [0.25, 0.3) is 0 Å². The zero-order valence-corrected chi connectivity index (χ0v) is 10.9. The summed E-state index contributed by atoms with van der Waals surface area (Å²) >= 11 is 7.36. The second-order valence-corrected chi connectivity index (χ2v) is 5.14. The molecule has 2 aromatic carbocycles. The summed E-state index contributed by atoms with van der Waals surface area (Å²) in [5.74, 6) is -0.763. The van der Waals surface area contributed by atoms with E-state index in [2.05, 4.69) is 0 Å². The molecule has 0 aliphatic carbocycles. The zero-order chi connectivity index (χ0) is 13.1. The molecule has 0 bridgehead atoms. The molecule has 0 aliphatic heterocycles. The van der Waals surface area contributed by atoms with Crippen LogP contribution in [0.15, 0.2) is 41.3 Å². The fourth-order valence-electron chi connectivity index (χ4n) is 1.42. The van der Waals surface area contributed by atoms with Gasteiger partial charge in [-0.2, -0.15) is 0 Å². The Hall–Kier alpha value is -1.26. The Morgan fingerprint density at radius 1 is 1.11 bits per heavy atom. The Bertz CT molecular complexity index is 575. The van der Waals surface area contributed by atoms with Gasteiger partial charge in [-0.1, -0.05) is 17.7 Å². The van der Waals surface area contributed by atoms with Crippen LogP contribution in [-0.2, 0) is 5.75 Å². The third-order valence-electron chi connectivity index (χ3n) is 2.35. The molecule has 18 heavy (non-hydrogen) atoms. The molecule has 0 spiro atoms. The van der Waals surface area contributed by atoms with Crippen LogP contribution < -0.4 is 5.73 Å². The van der Waals surface area contributed by atoms with Gasteiger partial charge in [0.15, 0.2) is 0 Å². The largest absolute Gasteiger partial charge is 0.399 e. The maximum atomic E-state index is 13.4. The van der Waals surface area contributed by atoms with Crippen molar-refractivity contribution >= 4 is 29.1 Å². The number of nitrogens with two attached hydrogens (primary N) is 1. The Balaban J connectivity index is 2.13. The van der Waals surface area contributed by atoms with Crippen LogP contribution in [0.4, 0.5) is 14.5 Å². The number of halogens is 3. The van der Waals surface area contributed by atoms with E-state index in [0.717, 1.165) is 11.0 Å². The van der Waals surface area contributed by atoms with Crippen LogP contribution in [0.2, 0.25) is 5.02 Å². The third-order valence-corrected chi connectivity index (χ3v) is 3.90. The summed E-state index contributed by atoms with van der Waals surface area (Å²) in [7, 11) is 0. The molecule has 0 aliphatic rings. The SMILES string of the molecule is Nc1ccc(Cl)c(SCc2ccc(F)cc2F)c1. The van der Waals surface area contributed by atoms with Crippen molar-refractivity contribution in [3.05, 3.63) is 58.6 Å². The number of thioether (sulfide) groups is 1. The number of nitrogen functional groups attached to an aromatic ring is 1. The Morgan fingerprint density at radius 2 is 1.89 bits per heavy atom. The quantitative estimate of drug-likeness (QED) is 0.664. The Morgan fingerprint density at radius 3 is 2.61 bits per heavy atom. The van der Waals surface area contributed by atoms with Crippen LogP contribution in [0.5, 0.6) is 0 Å². The highest BCUT2D eigenvalue weighted by molar-refractivity contribution is 7.98. The normalized spacial score (nSPS) is 10.6. The van der Waals surface area contributed by atoms with E-state index in [-0.39, 0.29) is 0 Å². The molecule has 5 heteroatoms. The number of benzene rings is 2. The molecule has 2 rings (SSSR count). The summed E-state index contributed by atoms with van der Waals surface area (Å²) < 4.78 is 26.2. The lowest BCUT2D eigenvalue weighted by atomic mass is 10.2. The van der Waals surface area contributed by atoms with E-state index in [1.54, 1.807) is 18.2 Å². The summed E-state index contributed by atoms with van der Waals surface area (Å²) in [6.45, 7) is 0. The van der Waals surface area contributed by atoms with Gasteiger partial charge < -0.3 is 5.73 Å². The molecular formula is C13H10ClF2NS. The van der Waals surface area contributed by atoms with E-state index in [1.807, 2.05) is 0 Å². The molecule has 0 aromatic heterocycles. The van der Waals surface area contributed by atoms with Crippen molar-refractivity contribution in [2.24, 2.45) is 0 Å². The van der Waals surface area contributed by atoms with Gasteiger partial charge in [-0.25, -0.2) is 8.78 Å². The van der Waals surface area contributed by atoms with Crippen LogP contribution in [0.25, 0.3) is 0 Å². The predicted octanol–water partition coefficient (Wildman–Crippen LogP) is 4.49. The minimum absolute atomic E-state index is 0.370. The van der Waals surface area contributed by atoms with Gasteiger partial charge in [0.2, 0.25) is 0 Å². The number of anilines is 1. The van der Waals surface area contributed by atoms with Crippen molar-refractivity contribution in [2.75, 3.05) is 5.73 Å². The molecular weight excluding hydrogens is 276 g/mol. The van der Waals surface area contributed by atoms with Crippen molar-refractivity contribution < 1.29 is 8.78 Å². The molecule has 1 nitrogen and oxygen atoms in total. The first-order valence-electron chi connectivity index (χ1n) is 5.18. The van der Waals surface area contributed by atoms with Crippen molar-refractivity contribution in [3.63, 3.8) is 0 Å². The van der Waals surface area contributed by atoms with Crippen molar-refractivity contribution in [1.29, 1.82) is 0 Å². The number of rotatable bonds is 3. The molecule has 2 aromatic rings. The van der Waals surface area contributed by atoms with Gasteiger partial charge in [0.1, 0.15) is 11.6 Å². The van der Waals surface area contributed by atoms with Crippen molar-refractivity contribution in [2.45, 2.75) is 10.6 Å². The Labute approximate surface area is 113 Å². The van der Waals surface area contributed by atoms with Gasteiger partial charge in [0, 0.05) is 22.4 Å². The molecule has 0 heterocycles. The molecule has 0 saturated carbocycles. The molecule has 0 saturated heterocycles. The predicted molar refractivity (Wildman–Crippen MR) is 71.8 cm³/mol. The summed E-state index contributed by atoms with van der Waals surface area (Å²) in [5, 5.41) is 0.566. The summed E-state index contributed by atoms with van der Waals surface area (Å²) in [6.07, 6.45) is 0. The average Bonchev–Trinajstić information content (AvgIpc) is 2.32. The standard InChI is InChI=1S/C13H10ClF2NS/c14-11-4-3-10(17)6-13(11)18-7-8-1-2-9(15)5-12(8)16/h1-6H,7,17H2. The summed E-state index contributed by atoms with van der Waals surface area (Å²) in [4.78, 5) is 0.778. The number of hydrogen-bond acceptors (Lipinski definition) is 2. The fourth-order valence-corrected chi connectivity index (χ4v) is 2.68. The summed E-state index contributed by atoms with van der Waals surface area (Å²) in [5.41, 5.74) is 6.68. The Kier molecular flexibility index (Phi) is 4.09. The molecule has 0 radical (unpaired) electrons. The van der Waals surface area contributed by atoms with Crippen molar-refractivity contribution in [3.8, 4) is 0 Å². The highest BCUT2D eigenvalue weighted by Gasteiger charge is 2.07. The maximum absolute atomic E-state index is 13.4.